The van der Waals surface area contributed by atoms with Gasteiger partial charge in [0, 0.05) is 12.1 Å². The summed E-state index contributed by atoms with van der Waals surface area (Å²) < 4.78 is 32.2. The Hall–Kier alpha value is -0.500. The first kappa shape index (κ1) is 16.6. The number of rotatable bonds is 8. The number of hydrogen-bond donors (Lipinski definition) is 2. The van der Waals surface area contributed by atoms with Crippen LogP contribution in [0.15, 0.2) is 9.31 Å². The van der Waals surface area contributed by atoms with Crippen LogP contribution in [-0.4, -0.2) is 32.1 Å². The molecule has 0 bridgehead atoms. The van der Waals surface area contributed by atoms with Crippen LogP contribution >= 0.6 is 11.8 Å². The molecule has 110 valence electrons. The van der Waals surface area contributed by atoms with E-state index in [0.29, 0.717) is 23.6 Å². The van der Waals surface area contributed by atoms with Crippen LogP contribution in [0.25, 0.3) is 0 Å². The molecule has 0 amide bonds. The highest BCUT2D eigenvalue weighted by Crippen LogP contribution is 2.26. The van der Waals surface area contributed by atoms with Crippen LogP contribution in [0.3, 0.4) is 0 Å². The maximum atomic E-state index is 12.2. The Kier molecular flexibility index (Phi) is 6.38. The fraction of sp³-hybridized carbons (Fsp3) is 0.667. The van der Waals surface area contributed by atoms with Gasteiger partial charge in [-0.25, -0.2) is 13.1 Å². The van der Waals surface area contributed by atoms with Crippen molar-refractivity contribution in [2.24, 2.45) is 0 Å². The molecule has 0 saturated heterocycles. The van der Waals surface area contributed by atoms with Crippen molar-refractivity contribution in [2.45, 2.75) is 38.2 Å². The molecule has 1 heterocycles. The van der Waals surface area contributed by atoms with Gasteiger partial charge in [-0.15, -0.1) is 0 Å². The zero-order valence-electron chi connectivity index (χ0n) is 11.5. The van der Waals surface area contributed by atoms with Crippen molar-refractivity contribution < 1.29 is 17.9 Å². The van der Waals surface area contributed by atoms with Gasteiger partial charge in [-0.05, 0) is 38.7 Å². The number of sulfonamides is 1. The first-order valence-electron chi connectivity index (χ1n) is 6.12. The molecular weight excluding hydrogens is 286 g/mol. The molecule has 0 aliphatic heterocycles. The van der Waals surface area contributed by atoms with Crippen LogP contribution in [-0.2, 0) is 16.6 Å². The van der Waals surface area contributed by atoms with Gasteiger partial charge in [-0.3, -0.25) is 0 Å². The van der Waals surface area contributed by atoms with E-state index in [0.717, 1.165) is 18.6 Å². The van der Waals surface area contributed by atoms with Gasteiger partial charge in [0.1, 0.15) is 16.4 Å². The summed E-state index contributed by atoms with van der Waals surface area (Å²) in [6.45, 7) is 3.30. The standard InChI is InChI=1S/C12H21NO4S2/c1-9-11(8-14)12(10(2)17-9)19(15,16)13-6-4-5-7-18-3/h13-14H,4-8H2,1-3H3. The molecule has 1 aromatic heterocycles. The molecule has 2 N–H and O–H groups in total. The van der Waals surface area contributed by atoms with Crippen LogP contribution in [0.1, 0.15) is 29.9 Å². The van der Waals surface area contributed by atoms with Gasteiger partial charge in [-0.2, -0.15) is 11.8 Å². The van der Waals surface area contributed by atoms with Crippen molar-refractivity contribution in [3.63, 3.8) is 0 Å². The Balaban J connectivity index is 2.77. The Labute approximate surface area is 118 Å². The van der Waals surface area contributed by atoms with E-state index in [1.165, 1.54) is 0 Å². The predicted molar refractivity (Wildman–Crippen MR) is 76.9 cm³/mol. The Morgan fingerprint density at radius 3 is 2.53 bits per heavy atom. The molecule has 1 aromatic rings. The average Bonchev–Trinajstić information content (AvgIpc) is 2.63. The van der Waals surface area contributed by atoms with Crippen molar-refractivity contribution >= 4 is 21.8 Å². The van der Waals surface area contributed by atoms with Gasteiger partial charge >= 0.3 is 0 Å². The highest BCUT2D eigenvalue weighted by molar-refractivity contribution is 7.98. The number of unbranched alkanes of at least 4 members (excludes halogenated alkanes) is 1. The second-order valence-corrected chi connectivity index (χ2v) is 6.97. The Bertz CT molecular complexity index is 508. The van der Waals surface area contributed by atoms with Crippen molar-refractivity contribution in [1.29, 1.82) is 0 Å². The average molecular weight is 307 g/mol. The molecule has 0 spiro atoms. The first-order valence-corrected chi connectivity index (χ1v) is 9.00. The van der Waals surface area contributed by atoms with Crippen molar-refractivity contribution in [1.82, 2.24) is 4.72 Å². The zero-order valence-corrected chi connectivity index (χ0v) is 13.2. The van der Waals surface area contributed by atoms with E-state index < -0.39 is 10.0 Å². The minimum atomic E-state index is -3.61. The molecule has 0 fully saturated rings. The summed E-state index contributed by atoms with van der Waals surface area (Å²) in [7, 11) is -3.61. The van der Waals surface area contributed by atoms with Crippen molar-refractivity contribution in [3.05, 3.63) is 17.1 Å². The molecule has 0 atom stereocenters. The predicted octanol–water partition coefficient (Wildman–Crippen LogP) is 1.81. The van der Waals surface area contributed by atoms with E-state index >= 15 is 0 Å². The molecule has 0 unspecified atom stereocenters. The summed E-state index contributed by atoms with van der Waals surface area (Å²) in [6, 6.07) is 0. The van der Waals surface area contributed by atoms with Gasteiger partial charge in [0.15, 0.2) is 0 Å². The normalized spacial score (nSPS) is 12.0. The number of thioether (sulfide) groups is 1. The maximum absolute atomic E-state index is 12.2. The topological polar surface area (TPSA) is 79.5 Å². The van der Waals surface area contributed by atoms with Gasteiger partial charge in [-0.1, -0.05) is 0 Å². The van der Waals surface area contributed by atoms with E-state index in [9.17, 15) is 13.5 Å². The minimum Gasteiger partial charge on any atom is -0.465 e. The summed E-state index contributed by atoms with van der Waals surface area (Å²) in [6.07, 6.45) is 3.79. The fourth-order valence-electron chi connectivity index (χ4n) is 1.89. The van der Waals surface area contributed by atoms with Crippen LogP contribution in [0.2, 0.25) is 0 Å². The van der Waals surface area contributed by atoms with E-state index in [1.54, 1.807) is 25.6 Å². The lowest BCUT2D eigenvalue weighted by atomic mass is 10.2. The SMILES string of the molecule is CSCCCCNS(=O)(=O)c1c(C)oc(C)c1CO. The highest BCUT2D eigenvalue weighted by Gasteiger charge is 2.25. The van der Waals surface area contributed by atoms with Gasteiger partial charge < -0.3 is 9.52 Å². The minimum absolute atomic E-state index is 0.0809. The molecule has 7 heteroatoms. The summed E-state index contributed by atoms with van der Waals surface area (Å²) >= 11 is 1.74. The molecule has 5 nitrogen and oxygen atoms in total. The van der Waals surface area contributed by atoms with E-state index in [-0.39, 0.29) is 11.5 Å². The zero-order chi connectivity index (χ0) is 14.5. The third-order valence-electron chi connectivity index (χ3n) is 2.82. The summed E-state index contributed by atoms with van der Waals surface area (Å²) in [5.41, 5.74) is 0.342. The Morgan fingerprint density at radius 1 is 1.26 bits per heavy atom. The van der Waals surface area contributed by atoms with Crippen LogP contribution in [0, 0.1) is 13.8 Å². The van der Waals surface area contributed by atoms with Crippen LogP contribution in [0.5, 0.6) is 0 Å². The maximum Gasteiger partial charge on any atom is 0.244 e. The third kappa shape index (κ3) is 4.24. The molecule has 0 aliphatic rings. The molecular formula is C12H21NO4S2. The number of aliphatic hydroxyl groups excluding tert-OH is 1. The number of nitrogens with one attached hydrogen (secondary N) is 1. The molecule has 1 rings (SSSR count). The number of aliphatic hydroxyl groups is 1. The van der Waals surface area contributed by atoms with Crippen LogP contribution < -0.4 is 4.72 Å². The monoisotopic (exact) mass is 307 g/mol. The molecule has 19 heavy (non-hydrogen) atoms. The van der Waals surface area contributed by atoms with Crippen molar-refractivity contribution in [2.75, 3.05) is 18.6 Å². The van der Waals surface area contributed by atoms with Gasteiger partial charge in [0.25, 0.3) is 0 Å². The lowest BCUT2D eigenvalue weighted by molar-refractivity contribution is 0.276. The van der Waals surface area contributed by atoms with Gasteiger partial charge in [0.05, 0.1) is 6.61 Å². The van der Waals surface area contributed by atoms with E-state index in [1.807, 2.05) is 6.26 Å². The lowest BCUT2D eigenvalue weighted by Gasteiger charge is -2.07. The quantitative estimate of drug-likeness (QED) is 0.716. The summed E-state index contributed by atoms with van der Waals surface area (Å²) in [4.78, 5) is 0.0809. The second-order valence-electron chi connectivity index (χ2n) is 4.28. The third-order valence-corrected chi connectivity index (χ3v) is 5.17. The molecule has 0 radical (unpaired) electrons. The molecule has 0 saturated carbocycles. The van der Waals surface area contributed by atoms with Crippen LogP contribution in [0.4, 0.5) is 0 Å². The van der Waals surface area contributed by atoms with Crippen molar-refractivity contribution in [3.8, 4) is 0 Å². The lowest BCUT2D eigenvalue weighted by Crippen LogP contribution is -2.26. The number of furan rings is 1. The summed E-state index contributed by atoms with van der Waals surface area (Å²) in [5, 5.41) is 9.26. The van der Waals surface area contributed by atoms with Gasteiger partial charge in [0.2, 0.25) is 10.0 Å². The fourth-order valence-corrected chi connectivity index (χ4v) is 3.90. The second kappa shape index (κ2) is 7.33. The molecule has 0 aromatic carbocycles. The number of aryl methyl sites for hydroxylation is 2. The summed E-state index contributed by atoms with van der Waals surface area (Å²) in [5.74, 6) is 1.79. The smallest absolute Gasteiger partial charge is 0.244 e. The largest absolute Gasteiger partial charge is 0.465 e. The highest BCUT2D eigenvalue weighted by atomic mass is 32.2. The first-order chi connectivity index (χ1) is 8.94. The Morgan fingerprint density at radius 2 is 1.95 bits per heavy atom. The van der Waals surface area contributed by atoms with E-state index in [4.69, 9.17) is 4.42 Å². The molecule has 0 aliphatic carbocycles. The number of hydrogen-bond acceptors (Lipinski definition) is 5. The van der Waals surface area contributed by atoms with E-state index in [2.05, 4.69) is 4.72 Å².